The molecule has 3 aliphatic rings. The van der Waals surface area contributed by atoms with Gasteiger partial charge in [0.15, 0.2) is 0 Å². The van der Waals surface area contributed by atoms with Crippen LogP contribution in [0.5, 0.6) is 5.75 Å². The number of nitrogens with zero attached hydrogens (tertiary/aromatic N) is 3. The molecule has 0 N–H and O–H groups in total. The summed E-state index contributed by atoms with van der Waals surface area (Å²) in [7, 11) is 1.65. The number of methoxy groups -OCH3 is 1. The van der Waals surface area contributed by atoms with E-state index in [-0.39, 0.29) is 23.9 Å². The van der Waals surface area contributed by atoms with Crippen LogP contribution in [-0.2, 0) is 4.79 Å². The average Bonchev–Trinajstić information content (AvgIpc) is 3.69. The molecule has 2 aliphatic heterocycles. The van der Waals surface area contributed by atoms with Gasteiger partial charge in [0.1, 0.15) is 5.75 Å². The fourth-order valence-electron chi connectivity index (χ4n) is 5.23. The number of hydrogen-bond donors (Lipinski definition) is 0. The van der Waals surface area contributed by atoms with Gasteiger partial charge in [-0.2, -0.15) is 0 Å². The standard InChI is InChI=1S/C26H31N3O3/c1-3-27-13-15-28(16-14-27)26(31)23-21-9-4-5-10-22(21)25(30)29(19-11-12-19)24(23)18-7-6-8-20(17-18)32-2/h4-10,17,19,23-24H,3,11-16H2,1-2H3/t23-,24-/m0/s1. The van der Waals surface area contributed by atoms with E-state index in [1.54, 1.807) is 7.11 Å². The molecular weight excluding hydrogens is 402 g/mol. The summed E-state index contributed by atoms with van der Waals surface area (Å²) < 4.78 is 5.49. The molecule has 32 heavy (non-hydrogen) atoms. The number of piperazine rings is 1. The summed E-state index contributed by atoms with van der Waals surface area (Å²) in [6, 6.07) is 15.4. The Kier molecular flexibility index (Phi) is 5.64. The normalized spacial score (nSPS) is 23.8. The molecule has 2 amide bonds. The molecule has 6 heteroatoms. The van der Waals surface area contributed by atoms with E-state index in [4.69, 9.17) is 4.74 Å². The Morgan fingerprint density at radius 2 is 1.78 bits per heavy atom. The van der Waals surface area contributed by atoms with Crippen molar-refractivity contribution in [3.05, 3.63) is 65.2 Å². The molecule has 0 aromatic heterocycles. The first-order chi connectivity index (χ1) is 15.6. The van der Waals surface area contributed by atoms with Crippen molar-refractivity contribution in [2.75, 3.05) is 39.8 Å². The smallest absolute Gasteiger partial charge is 0.254 e. The van der Waals surface area contributed by atoms with Crippen molar-refractivity contribution in [1.29, 1.82) is 0 Å². The van der Waals surface area contributed by atoms with Crippen LogP contribution in [0.3, 0.4) is 0 Å². The van der Waals surface area contributed by atoms with Gasteiger partial charge in [-0.1, -0.05) is 37.3 Å². The lowest BCUT2D eigenvalue weighted by Crippen LogP contribution is -2.53. The zero-order valence-electron chi connectivity index (χ0n) is 18.9. The number of carbonyl (C=O) groups excluding carboxylic acids is 2. The van der Waals surface area contributed by atoms with Crippen LogP contribution in [0.2, 0.25) is 0 Å². The van der Waals surface area contributed by atoms with Crippen LogP contribution in [0.1, 0.15) is 53.2 Å². The van der Waals surface area contributed by atoms with Gasteiger partial charge in [0, 0.05) is 37.8 Å². The molecule has 0 unspecified atom stereocenters. The van der Waals surface area contributed by atoms with Gasteiger partial charge >= 0.3 is 0 Å². The minimum atomic E-state index is -0.412. The quantitative estimate of drug-likeness (QED) is 0.726. The second kappa shape index (κ2) is 8.58. The summed E-state index contributed by atoms with van der Waals surface area (Å²) in [6.45, 7) is 6.41. The van der Waals surface area contributed by atoms with Crippen LogP contribution in [-0.4, -0.2) is 72.4 Å². The summed E-state index contributed by atoms with van der Waals surface area (Å²) >= 11 is 0. The van der Waals surface area contributed by atoms with Gasteiger partial charge in [-0.25, -0.2) is 0 Å². The number of amides is 2. The Labute approximate surface area is 189 Å². The summed E-state index contributed by atoms with van der Waals surface area (Å²) in [5, 5.41) is 0. The molecule has 2 heterocycles. The molecule has 2 atom stereocenters. The molecule has 1 saturated heterocycles. The number of hydrogen-bond acceptors (Lipinski definition) is 4. The molecule has 6 nitrogen and oxygen atoms in total. The highest BCUT2D eigenvalue weighted by atomic mass is 16.5. The van der Waals surface area contributed by atoms with Crippen molar-refractivity contribution in [1.82, 2.24) is 14.7 Å². The van der Waals surface area contributed by atoms with Crippen LogP contribution in [0, 0.1) is 0 Å². The van der Waals surface area contributed by atoms with Gasteiger partial charge in [0.25, 0.3) is 5.91 Å². The Morgan fingerprint density at radius 3 is 2.47 bits per heavy atom. The lowest BCUT2D eigenvalue weighted by molar-refractivity contribution is -0.136. The van der Waals surface area contributed by atoms with Crippen LogP contribution >= 0.6 is 0 Å². The van der Waals surface area contributed by atoms with Crippen molar-refractivity contribution < 1.29 is 14.3 Å². The molecule has 2 fully saturated rings. The van der Waals surface area contributed by atoms with E-state index in [0.717, 1.165) is 62.4 Å². The lowest BCUT2D eigenvalue weighted by atomic mass is 9.78. The van der Waals surface area contributed by atoms with Crippen molar-refractivity contribution in [2.24, 2.45) is 0 Å². The second-order valence-electron chi connectivity index (χ2n) is 8.99. The zero-order chi connectivity index (χ0) is 22.2. The first-order valence-corrected chi connectivity index (χ1v) is 11.7. The maximum atomic E-state index is 14.1. The van der Waals surface area contributed by atoms with E-state index in [9.17, 15) is 9.59 Å². The number of likely N-dealkylation sites (N-methyl/N-ethyl adjacent to an activating group) is 1. The Balaban J connectivity index is 1.60. The molecule has 1 saturated carbocycles. The number of benzene rings is 2. The van der Waals surface area contributed by atoms with E-state index >= 15 is 0 Å². The van der Waals surface area contributed by atoms with Gasteiger partial charge < -0.3 is 19.4 Å². The fourth-order valence-corrected chi connectivity index (χ4v) is 5.23. The minimum absolute atomic E-state index is 0.0378. The largest absolute Gasteiger partial charge is 0.497 e. The van der Waals surface area contributed by atoms with Crippen LogP contribution in [0.15, 0.2) is 48.5 Å². The Morgan fingerprint density at radius 1 is 1.03 bits per heavy atom. The van der Waals surface area contributed by atoms with E-state index in [1.807, 2.05) is 58.3 Å². The van der Waals surface area contributed by atoms with Crippen LogP contribution in [0.4, 0.5) is 0 Å². The zero-order valence-corrected chi connectivity index (χ0v) is 18.9. The Bertz CT molecular complexity index is 1010. The third-order valence-electron chi connectivity index (χ3n) is 7.15. The van der Waals surface area contributed by atoms with Gasteiger partial charge in [-0.15, -0.1) is 0 Å². The molecule has 1 aliphatic carbocycles. The highest BCUT2D eigenvalue weighted by molar-refractivity contribution is 6.01. The third kappa shape index (κ3) is 3.66. The first kappa shape index (κ1) is 21.0. The maximum absolute atomic E-state index is 14.1. The number of rotatable bonds is 5. The molecule has 5 rings (SSSR count). The molecule has 2 aromatic carbocycles. The molecule has 0 radical (unpaired) electrons. The van der Waals surface area contributed by atoms with E-state index in [1.165, 1.54) is 0 Å². The first-order valence-electron chi connectivity index (χ1n) is 11.7. The summed E-state index contributed by atoms with van der Waals surface area (Å²) in [6.07, 6.45) is 1.98. The van der Waals surface area contributed by atoms with Crippen LogP contribution < -0.4 is 4.74 Å². The maximum Gasteiger partial charge on any atom is 0.254 e. The van der Waals surface area contributed by atoms with Gasteiger partial charge in [-0.05, 0) is 48.7 Å². The van der Waals surface area contributed by atoms with Crippen molar-refractivity contribution in [3.8, 4) is 5.75 Å². The summed E-state index contributed by atoms with van der Waals surface area (Å²) in [5.74, 6) is 0.493. The summed E-state index contributed by atoms with van der Waals surface area (Å²) in [5.41, 5.74) is 2.49. The van der Waals surface area contributed by atoms with Crippen LogP contribution in [0.25, 0.3) is 0 Å². The van der Waals surface area contributed by atoms with Crippen molar-refractivity contribution >= 4 is 11.8 Å². The molecule has 0 bridgehead atoms. The molecule has 2 aromatic rings. The molecule has 0 spiro atoms. The Hall–Kier alpha value is -2.86. The van der Waals surface area contributed by atoms with Gasteiger partial charge in [0.05, 0.1) is 19.1 Å². The number of fused-ring (bicyclic) bond motifs is 1. The van der Waals surface area contributed by atoms with E-state index in [0.29, 0.717) is 5.56 Å². The van der Waals surface area contributed by atoms with Crippen molar-refractivity contribution in [2.45, 2.75) is 37.8 Å². The molecular formula is C26H31N3O3. The van der Waals surface area contributed by atoms with E-state index < -0.39 is 5.92 Å². The number of ether oxygens (including phenoxy) is 1. The number of carbonyl (C=O) groups is 2. The van der Waals surface area contributed by atoms with E-state index in [2.05, 4.69) is 11.8 Å². The predicted octanol–water partition coefficient (Wildman–Crippen LogP) is 3.30. The fraction of sp³-hybridized carbons (Fsp3) is 0.462. The lowest BCUT2D eigenvalue weighted by Gasteiger charge is -2.44. The average molecular weight is 434 g/mol. The topological polar surface area (TPSA) is 53.1 Å². The highest BCUT2D eigenvalue weighted by Crippen LogP contribution is 2.48. The predicted molar refractivity (Wildman–Crippen MR) is 123 cm³/mol. The van der Waals surface area contributed by atoms with Gasteiger partial charge in [0.2, 0.25) is 5.91 Å². The monoisotopic (exact) mass is 433 g/mol. The van der Waals surface area contributed by atoms with Gasteiger partial charge in [-0.3, -0.25) is 9.59 Å². The SMILES string of the molecule is CCN1CCN(C(=O)[C@H]2c3ccccc3C(=O)N(C3CC3)[C@H]2c2cccc(OC)c2)CC1. The van der Waals surface area contributed by atoms with Crippen molar-refractivity contribution in [3.63, 3.8) is 0 Å². The highest BCUT2D eigenvalue weighted by Gasteiger charge is 2.50. The third-order valence-corrected chi connectivity index (χ3v) is 7.15. The second-order valence-corrected chi connectivity index (χ2v) is 8.99. The minimum Gasteiger partial charge on any atom is -0.497 e. The molecule has 168 valence electrons. The summed E-state index contributed by atoms with van der Waals surface area (Å²) in [4.78, 5) is 34.1.